The zero-order valence-corrected chi connectivity index (χ0v) is 12.2. The molecule has 1 aromatic carbocycles. The van der Waals surface area contributed by atoms with Gasteiger partial charge in [-0.25, -0.2) is 8.42 Å². The Balaban J connectivity index is 1.89. The van der Waals surface area contributed by atoms with Crippen LogP contribution in [0.15, 0.2) is 29.2 Å². The van der Waals surface area contributed by atoms with Gasteiger partial charge in [0.2, 0.25) is 0 Å². The minimum absolute atomic E-state index is 0.238. The van der Waals surface area contributed by atoms with Crippen LogP contribution in [0.4, 0.5) is 0 Å². The molecule has 0 amide bonds. The Labute approximate surface area is 113 Å². The summed E-state index contributed by atoms with van der Waals surface area (Å²) in [6.07, 6.45) is 3.85. The molecule has 2 rings (SSSR count). The third kappa shape index (κ3) is 5.00. The quantitative estimate of drug-likeness (QED) is 0.779. The van der Waals surface area contributed by atoms with E-state index < -0.39 is 9.84 Å². The zero-order chi connectivity index (χ0) is 13.0. The summed E-state index contributed by atoms with van der Waals surface area (Å²) in [6.45, 7) is 0.882. The first-order valence-electron chi connectivity index (χ1n) is 6.16. The fraction of sp³-hybridized carbons (Fsp3) is 0.538. The number of thioether (sulfide) groups is 1. The normalized spacial score (nSPS) is 15.8. The fourth-order valence-corrected chi connectivity index (χ4v) is 3.90. The van der Waals surface area contributed by atoms with Gasteiger partial charge in [0.1, 0.15) is 9.84 Å². The lowest BCUT2D eigenvalue weighted by Gasteiger charge is -2.09. The number of sulfone groups is 1. The number of nitrogens with one attached hydrogen (secondary N) is 1. The Kier molecular flexibility index (Phi) is 4.70. The number of hydrogen-bond acceptors (Lipinski definition) is 4. The van der Waals surface area contributed by atoms with Crippen molar-refractivity contribution in [3.63, 3.8) is 0 Å². The lowest BCUT2D eigenvalue weighted by molar-refractivity contribution is 0.603. The highest BCUT2D eigenvalue weighted by Gasteiger charge is 2.20. The minimum atomic E-state index is -2.86. The van der Waals surface area contributed by atoms with E-state index in [0.717, 1.165) is 6.54 Å². The molecule has 0 radical (unpaired) electrons. The molecule has 0 bridgehead atoms. The summed E-state index contributed by atoms with van der Waals surface area (Å²) in [6, 6.07) is 8.90. The van der Waals surface area contributed by atoms with E-state index in [2.05, 4.69) is 17.4 Å². The Morgan fingerprint density at radius 2 is 2.06 bits per heavy atom. The van der Waals surface area contributed by atoms with Gasteiger partial charge in [0.25, 0.3) is 0 Å². The standard InChI is InChI=1S/C13H19NO2S2/c1-18(15,16)9-8-17-13-5-3-2-4-11(13)10-14-12-6-7-12/h2-5,12,14H,6-10H2,1H3. The molecule has 0 aromatic heterocycles. The number of rotatable bonds is 7. The van der Waals surface area contributed by atoms with Gasteiger partial charge in [0, 0.05) is 29.5 Å². The summed E-state index contributed by atoms with van der Waals surface area (Å²) in [5.41, 5.74) is 1.27. The maximum absolute atomic E-state index is 11.1. The molecule has 0 aliphatic heterocycles. The smallest absolute Gasteiger partial charge is 0.148 e. The first-order chi connectivity index (χ1) is 8.54. The van der Waals surface area contributed by atoms with Gasteiger partial charge in [-0.05, 0) is 24.5 Å². The van der Waals surface area contributed by atoms with Gasteiger partial charge in [0.15, 0.2) is 0 Å². The van der Waals surface area contributed by atoms with Crippen LogP contribution in [-0.2, 0) is 16.4 Å². The molecule has 0 heterocycles. The Morgan fingerprint density at radius 1 is 1.33 bits per heavy atom. The van der Waals surface area contributed by atoms with Crippen molar-refractivity contribution in [2.24, 2.45) is 0 Å². The van der Waals surface area contributed by atoms with Gasteiger partial charge in [-0.1, -0.05) is 18.2 Å². The minimum Gasteiger partial charge on any atom is -0.310 e. The predicted octanol–water partition coefficient (Wildman–Crippen LogP) is 2.08. The summed E-state index contributed by atoms with van der Waals surface area (Å²) in [4.78, 5) is 1.19. The van der Waals surface area contributed by atoms with Crippen LogP contribution in [0, 0.1) is 0 Å². The van der Waals surface area contributed by atoms with E-state index in [9.17, 15) is 8.42 Å². The summed E-state index contributed by atoms with van der Waals surface area (Å²) < 4.78 is 22.2. The average molecular weight is 285 g/mol. The molecule has 1 fully saturated rings. The van der Waals surface area contributed by atoms with Crippen molar-refractivity contribution in [2.45, 2.75) is 30.3 Å². The van der Waals surface area contributed by atoms with Crippen LogP contribution in [-0.4, -0.2) is 32.2 Å². The number of hydrogen-bond donors (Lipinski definition) is 1. The summed E-state index contributed by atoms with van der Waals surface area (Å²) in [5.74, 6) is 0.862. The molecule has 18 heavy (non-hydrogen) atoms. The van der Waals surface area contributed by atoms with E-state index in [-0.39, 0.29) is 5.75 Å². The highest BCUT2D eigenvalue weighted by Crippen LogP contribution is 2.24. The Bertz CT molecular complexity index is 495. The fourth-order valence-electron chi connectivity index (χ4n) is 1.64. The van der Waals surface area contributed by atoms with Crippen molar-refractivity contribution in [3.05, 3.63) is 29.8 Å². The van der Waals surface area contributed by atoms with E-state index in [1.807, 2.05) is 12.1 Å². The van der Waals surface area contributed by atoms with Crippen LogP contribution in [0.5, 0.6) is 0 Å². The molecule has 1 aliphatic carbocycles. The van der Waals surface area contributed by atoms with Gasteiger partial charge in [-0.2, -0.15) is 0 Å². The SMILES string of the molecule is CS(=O)(=O)CCSc1ccccc1CNC1CC1. The van der Waals surface area contributed by atoms with E-state index in [0.29, 0.717) is 11.8 Å². The second kappa shape index (κ2) is 6.08. The highest BCUT2D eigenvalue weighted by molar-refractivity contribution is 8.00. The van der Waals surface area contributed by atoms with E-state index >= 15 is 0 Å². The van der Waals surface area contributed by atoms with Crippen molar-refractivity contribution in [1.29, 1.82) is 0 Å². The molecule has 0 atom stereocenters. The van der Waals surface area contributed by atoms with Crippen molar-refractivity contribution in [2.75, 3.05) is 17.8 Å². The van der Waals surface area contributed by atoms with Crippen molar-refractivity contribution in [3.8, 4) is 0 Å². The van der Waals surface area contributed by atoms with Gasteiger partial charge >= 0.3 is 0 Å². The van der Waals surface area contributed by atoms with Crippen molar-refractivity contribution < 1.29 is 8.42 Å². The molecule has 3 nitrogen and oxygen atoms in total. The second-order valence-electron chi connectivity index (χ2n) is 4.74. The van der Waals surface area contributed by atoms with Crippen molar-refractivity contribution >= 4 is 21.6 Å². The molecule has 5 heteroatoms. The van der Waals surface area contributed by atoms with Gasteiger partial charge in [0.05, 0.1) is 5.75 Å². The topological polar surface area (TPSA) is 46.2 Å². The molecule has 0 unspecified atom stereocenters. The second-order valence-corrected chi connectivity index (χ2v) is 8.14. The average Bonchev–Trinajstić information content (AvgIpc) is 3.10. The molecule has 1 aromatic rings. The lowest BCUT2D eigenvalue weighted by atomic mass is 10.2. The van der Waals surface area contributed by atoms with Crippen LogP contribution in [0.25, 0.3) is 0 Å². The Hall–Kier alpha value is -0.520. The monoisotopic (exact) mass is 285 g/mol. The predicted molar refractivity (Wildman–Crippen MR) is 76.7 cm³/mol. The molecule has 1 N–H and O–H groups in total. The summed E-state index contributed by atoms with van der Waals surface area (Å²) >= 11 is 1.63. The maximum atomic E-state index is 11.1. The highest BCUT2D eigenvalue weighted by atomic mass is 32.2. The maximum Gasteiger partial charge on any atom is 0.148 e. The first kappa shape index (κ1) is 13.9. The largest absolute Gasteiger partial charge is 0.310 e. The summed E-state index contributed by atoms with van der Waals surface area (Å²) in [5, 5.41) is 3.49. The van der Waals surface area contributed by atoms with Gasteiger partial charge < -0.3 is 5.32 Å². The molecule has 0 saturated heterocycles. The zero-order valence-electron chi connectivity index (χ0n) is 10.6. The van der Waals surface area contributed by atoms with Gasteiger partial charge in [-0.15, -0.1) is 11.8 Å². The molecule has 1 saturated carbocycles. The third-order valence-electron chi connectivity index (χ3n) is 2.84. The molecule has 1 aliphatic rings. The third-order valence-corrected chi connectivity index (χ3v) is 5.16. The molecule has 0 spiro atoms. The molecular formula is C13H19NO2S2. The van der Waals surface area contributed by atoms with Crippen LogP contribution in [0.3, 0.4) is 0 Å². The number of benzene rings is 1. The van der Waals surface area contributed by atoms with Crippen LogP contribution < -0.4 is 5.32 Å². The first-order valence-corrected chi connectivity index (χ1v) is 9.21. The summed E-state index contributed by atoms with van der Waals surface area (Å²) in [7, 11) is -2.86. The molecule has 100 valence electrons. The molecular weight excluding hydrogens is 266 g/mol. The van der Waals surface area contributed by atoms with Crippen LogP contribution >= 0.6 is 11.8 Å². The van der Waals surface area contributed by atoms with Crippen LogP contribution in [0.1, 0.15) is 18.4 Å². The van der Waals surface area contributed by atoms with Crippen molar-refractivity contribution in [1.82, 2.24) is 5.32 Å². The van der Waals surface area contributed by atoms with Gasteiger partial charge in [-0.3, -0.25) is 0 Å². The lowest BCUT2D eigenvalue weighted by Crippen LogP contribution is -2.15. The Morgan fingerprint density at radius 3 is 2.72 bits per heavy atom. The van der Waals surface area contributed by atoms with E-state index in [1.54, 1.807) is 11.8 Å². The van der Waals surface area contributed by atoms with E-state index in [4.69, 9.17) is 0 Å². The van der Waals surface area contributed by atoms with Crippen LogP contribution in [0.2, 0.25) is 0 Å². The van der Waals surface area contributed by atoms with E-state index in [1.165, 1.54) is 29.6 Å².